The number of unbranched alkanes of at least 4 members (excludes halogenated alkanes) is 18. The first-order chi connectivity index (χ1) is 20.0. The largest absolute Gasteiger partial charge is 0.469 e. The third-order valence-electron chi connectivity index (χ3n) is 7.96. The molecule has 0 amide bonds. The summed E-state index contributed by atoms with van der Waals surface area (Å²) >= 11 is 0. The summed E-state index contributed by atoms with van der Waals surface area (Å²) in [6.07, 6.45) is 35.3. The lowest BCUT2D eigenvalue weighted by Crippen LogP contribution is -2.20. The Morgan fingerprint density at radius 3 is 1.51 bits per heavy atom. The van der Waals surface area contributed by atoms with Crippen molar-refractivity contribution in [3.63, 3.8) is 0 Å². The number of methoxy groups -OCH3 is 1. The maximum Gasteiger partial charge on any atom is 0.306 e. The second kappa shape index (κ2) is 31.6. The van der Waals surface area contributed by atoms with Gasteiger partial charge in [-0.2, -0.15) is 0 Å². The lowest BCUT2D eigenvalue weighted by molar-refractivity contribution is -0.150. The summed E-state index contributed by atoms with van der Waals surface area (Å²) in [4.78, 5) is 25.6. The number of hydrogen-bond acceptors (Lipinski definition) is 5. The Kier molecular flexibility index (Phi) is 30.5. The summed E-state index contributed by atoms with van der Waals surface area (Å²) in [5.74, 6) is -0.0835. The fraction of sp³-hybridized carbons (Fsp3) is 0.889. The van der Waals surface area contributed by atoms with Crippen molar-refractivity contribution in [1.82, 2.24) is 4.90 Å². The van der Waals surface area contributed by atoms with Gasteiger partial charge < -0.3 is 14.4 Å². The highest BCUT2D eigenvalue weighted by molar-refractivity contribution is 5.69. The van der Waals surface area contributed by atoms with Crippen LogP contribution >= 0.6 is 0 Å². The van der Waals surface area contributed by atoms with Crippen molar-refractivity contribution in [2.24, 2.45) is 0 Å². The summed E-state index contributed by atoms with van der Waals surface area (Å²) in [7, 11) is 5.56. The Morgan fingerprint density at radius 1 is 0.585 bits per heavy atom. The first kappa shape index (κ1) is 39.6. The van der Waals surface area contributed by atoms with Gasteiger partial charge in [0.25, 0.3) is 0 Å². The van der Waals surface area contributed by atoms with E-state index in [1.165, 1.54) is 129 Å². The molecule has 0 aromatic carbocycles. The number of hydrogen-bond donors (Lipinski definition) is 0. The standard InChI is InChI=1S/C36H69NO4/c1-5-6-7-8-22-25-29-34(41-36(39)32-28-33-37(2)3)30-26-23-20-18-16-14-12-10-9-11-13-15-17-19-21-24-27-31-35(38)40-4/h11,13,34H,5-10,12,14-33H2,1-4H3/b13-11-. The van der Waals surface area contributed by atoms with Crippen molar-refractivity contribution in [2.75, 3.05) is 27.7 Å². The molecule has 0 aliphatic heterocycles. The third-order valence-corrected chi connectivity index (χ3v) is 7.96. The molecule has 0 fully saturated rings. The average Bonchev–Trinajstić information content (AvgIpc) is 2.95. The van der Waals surface area contributed by atoms with Crippen LogP contribution < -0.4 is 0 Å². The van der Waals surface area contributed by atoms with Gasteiger partial charge in [0.1, 0.15) is 6.10 Å². The van der Waals surface area contributed by atoms with Gasteiger partial charge in [-0.3, -0.25) is 9.59 Å². The molecule has 0 saturated heterocycles. The van der Waals surface area contributed by atoms with E-state index in [4.69, 9.17) is 4.74 Å². The normalized spacial score (nSPS) is 12.3. The molecule has 0 heterocycles. The predicted molar refractivity (Wildman–Crippen MR) is 175 cm³/mol. The number of ether oxygens (including phenoxy) is 2. The lowest BCUT2D eigenvalue weighted by atomic mass is 10.0. The van der Waals surface area contributed by atoms with Gasteiger partial charge in [-0.1, -0.05) is 109 Å². The zero-order chi connectivity index (χ0) is 30.2. The van der Waals surface area contributed by atoms with Crippen LogP contribution in [0.2, 0.25) is 0 Å². The Balaban J connectivity index is 3.75. The minimum atomic E-state index is -0.0851. The number of carbonyl (C=O) groups is 2. The predicted octanol–water partition coefficient (Wildman–Crippen LogP) is 10.4. The van der Waals surface area contributed by atoms with E-state index in [-0.39, 0.29) is 18.0 Å². The number of carbonyl (C=O) groups excluding carboxylic acids is 2. The van der Waals surface area contributed by atoms with Crippen LogP contribution in [0.3, 0.4) is 0 Å². The van der Waals surface area contributed by atoms with E-state index in [2.05, 4.69) is 42.8 Å². The van der Waals surface area contributed by atoms with Gasteiger partial charge in [0, 0.05) is 12.8 Å². The number of esters is 2. The van der Waals surface area contributed by atoms with Gasteiger partial charge in [0.2, 0.25) is 0 Å². The Labute approximate surface area is 255 Å². The van der Waals surface area contributed by atoms with Crippen LogP contribution in [0.25, 0.3) is 0 Å². The van der Waals surface area contributed by atoms with Crippen LogP contribution in [-0.2, 0) is 19.1 Å². The fourth-order valence-corrected chi connectivity index (χ4v) is 5.29. The molecule has 1 unspecified atom stereocenters. The molecule has 0 aromatic rings. The smallest absolute Gasteiger partial charge is 0.306 e. The highest BCUT2D eigenvalue weighted by Gasteiger charge is 2.14. The van der Waals surface area contributed by atoms with Crippen molar-refractivity contribution in [2.45, 2.75) is 180 Å². The highest BCUT2D eigenvalue weighted by atomic mass is 16.5. The molecule has 242 valence electrons. The molecule has 0 bridgehead atoms. The van der Waals surface area contributed by atoms with E-state index in [0.717, 1.165) is 38.6 Å². The molecular weight excluding hydrogens is 510 g/mol. The minimum absolute atomic E-state index is 0.00162. The molecule has 0 N–H and O–H groups in total. The van der Waals surface area contributed by atoms with Gasteiger partial charge in [-0.15, -0.1) is 0 Å². The molecule has 0 spiro atoms. The second-order valence-corrected chi connectivity index (χ2v) is 12.3. The van der Waals surface area contributed by atoms with E-state index in [9.17, 15) is 9.59 Å². The SMILES string of the molecule is CCCCCCCCC(CCCCCCCCCC/C=C\CCCCCCCC(=O)OC)OC(=O)CCCN(C)C. The zero-order valence-electron chi connectivity index (χ0n) is 27.9. The summed E-state index contributed by atoms with van der Waals surface area (Å²) < 4.78 is 10.6. The first-order valence-electron chi connectivity index (χ1n) is 17.6. The molecule has 0 aromatic heterocycles. The number of nitrogens with zero attached hydrogens (tertiary/aromatic N) is 1. The van der Waals surface area contributed by atoms with Crippen molar-refractivity contribution in [1.29, 1.82) is 0 Å². The molecular formula is C36H69NO4. The van der Waals surface area contributed by atoms with Gasteiger partial charge in [-0.25, -0.2) is 0 Å². The minimum Gasteiger partial charge on any atom is -0.469 e. The summed E-state index contributed by atoms with van der Waals surface area (Å²) in [6, 6.07) is 0. The zero-order valence-corrected chi connectivity index (χ0v) is 27.9. The van der Waals surface area contributed by atoms with Crippen LogP contribution in [0.5, 0.6) is 0 Å². The highest BCUT2D eigenvalue weighted by Crippen LogP contribution is 2.18. The monoisotopic (exact) mass is 580 g/mol. The molecule has 0 rings (SSSR count). The molecule has 0 saturated carbocycles. The van der Waals surface area contributed by atoms with E-state index < -0.39 is 0 Å². The maximum atomic E-state index is 12.4. The number of allylic oxidation sites excluding steroid dienone is 2. The van der Waals surface area contributed by atoms with Gasteiger partial charge in [0.05, 0.1) is 7.11 Å². The van der Waals surface area contributed by atoms with Crippen LogP contribution in [0.1, 0.15) is 174 Å². The van der Waals surface area contributed by atoms with Crippen LogP contribution in [0.15, 0.2) is 12.2 Å². The molecule has 0 aliphatic carbocycles. The molecule has 5 nitrogen and oxygen atoms in total. The average molecular weight is 580 g/mol. The molecule has 1 atom stereocenters. The molecule has 0 aliphatic rings. The van der Waals surface area contributed by atoms with Crippen molar-refractivity contribution in [3.8, 4) is 0 Å². The van der Waals surface area contributed by atoms with Crippen LogP contribution in [-0.4, -0.2) is 50.7 Å². The maximum absolute atomic E-state index is 12.4. The van der Waals surface area contributed by atoms with Crippen molar-refractivity contribution >= 4 is 11.9 Å². The summed E-state index contributed by atoms with van der Waals surface area (Å²) in [5, 5.41) is 0. The van der Waals surface area contributed by atoms with Gasteiger partial charge >= 0.3 is 11.9 Å². The van der Waals surface area contributed by atoms with Gasteiger partial charge in [0.15, 0.2) is 0 Å². The first-order valence-corrected chi connectivity index (χ1v) is 17.6. The van der Waals surface area contributed by atoms with Crippen LogP contribution in [0, 0.1) is 0 Å². The summed E-state index contributed by atoms with van der Waals surface area (Å²) in [6.45, 7) is 3.20. The van der Waals surface area contributed by atoms with Gasteiger partial charge in [-0.05, 0) is 84.8 Å². The lowest BCUT2D eigenvalue weighted by Gasteiger charge is -2.18. The van der Waals surface area contributed by atoms with E-state index in [1.807, 2.05) is 0 Å². The second-order valence-electron chi connectivity index (χ2n) is 12.3. The Morgan fingerprint density at radius 2 is 1.02 bits per heavy atom. The van der Waals surface area contributed by atoms with E-state index in [0.29, 0.717) is 12.8 Å². The summed E-state index contributed by atoms with van der Waals surface area (Å²) in [5.41, 5.74) is 0. The molecule has 0 radical (unpaired) electrons. The topological polar surface area (TPSA) is 55.8 Å². The van der Waals surface area contributed by atoms with Crippen molar-refractivity contribution < 1.29 is 19.1 Å². The van der Waals surface area contributed by atoms with Crippen LogP contribution in [0.4, 0.5) is 0 Å². The fourth-order valence-electron chi connectivity index (χ4n) is 5.29. The van der Waals surface area contributed by atoms with E-state index in [1.54, 1.807) is 0 Å². The molecule has 41 heavy (non-hydrogen) atoms. The molecule has 5 heteroatoms. The van der Waals surface area contributed by atoms with E-state index >= 15 is 0 Å². The quantitative estimate of drug-likeness (QED) is 0.0464. The Bertz CT molecular complexity index is 604. The Hall–Kier alpha value is -1.36. The van der Waals surface area contributed by atoms with Crippen molar-refractivity contribution in [3.05, 3.63) is 12.2 Å². The number of rotatable bonds is 31. The third kappa shape index (κ3) is 31.4.